The van der Waals surface area contributed by atoms with Gasteiger partial charge in [0.25, 0.3) is 5.91 Å². The van der Waals surface area contributed by atoms with Gasteiger partial charge in [0.15, 0.2) is 6.10 Å². The summed E-state index contributed by atoms with van der Waals surface area (Å²) in [7, 11) is -1.89. The van der Waals surface area contributed by atoms with Crippen molar-refractivity contribution in [1.82, 2.24) is 5.32 Å². The molecule has 1 N–H and O–H groups in total. The predicted molar refractivity (Wildman–Crippen MR) is 82.6 cm³/mol. The van der Waals surface area contributed by atoms with Gasteiger partial charge in [0.2, 0.25) is 10.0 Å². The van der Waals surface area contributed by atoms with E-state index in [-0.39, 0.29) is 12.5 Å². The number of amides is 1. The van der Waals surface area contributed by atoms with E-state index in [2.05, 4.69) is 5.32 Å². The van der Waals surface area contributed by atoms with Crippen molar-refractivity contribution < 1.29 is 22.7 Å². The van der Waals surface area contributed by atoms with Crippen LogP contribution in [0.1, 0.15) is 6.42 Å². The summed E-state index contributed by atoms with van der Waals surface area (Å²) in [5.41, 5.74) is 0.452. The van der Waals surface area contributed by atoms with Crippen molar-refractivity contribution in [1.29, 1.82) is 0 Å². The molecule has 7 nitrogen and oxygen atoms in total. The molecular formula is C14H20N2O5S. The van der Waals surface area contributed by atoms with Crippen LogP contribution in [0.4, 0.5) is 5.69 Å². The lowest BCUT2D eigenvalue weighted by atomic mass is 10.2. The van der Waals surface area contributed by atoms with E-state index in [1.54, 1.807) is 31.4 Å². The van der Waals surface area contributed by atoms with Crippen LogP contribution >= 0.6 is 0 Å². The number of carbonyl (C=O) groups excluding carboxylic acids is 1. The van der Waals surface area contributed by atoms with Crippen molar-refractivity contribution in [3.05, 3.63) is 24.3 Å². The zero-order valence-electron chi connectivity index (χ0n) is 12.6. The van der Waals surface area contributed by atoms with E-state index in [9.17, 15) is 13.2 Å². The summed E-state index contributed by atoms with van der Waals surface area (Å²) in [6, 6.07) is 6.77. The van der Waals surface area contributed by atoms with Crippen molar-refractivity contribution in [3.63, 3.8) is 0 Å². The number of fused-ring (bicyclic) bond motifs is 1. The SMILES string of the molecule is COCCCNC(=O)[C@@H]1CN(S(C)(=O)=O)c2ccccc2O1. The molecule has 1 aromatic rings. The maximum Gasteiger partial charge on any atom is 0.263 e. The maximum atomic E-state index is 12.1. The second kappa shape index (κ2) is 6.97. The molecule has 0 fully saturated rings. The highest BCUT2D eigenvalue weighted by molar-refractivity contribution is 7.92. The van der Waals surface area contributed by atoms with Crippen LogP contribution in [0.2, 0.25) is 0 Å². The molecule has 1 atom stereocenters. The minimum Gasteiger partial charge on any atom is -0.476 e. The zero-order chi connectivity index (χ0) is 16.2. The summed E-state index contributed by atoms with van der Waals surface area (Å²) in [6.45, 7) is 0.961. The average molecular weight is 328 g/mol. The number of carbonyl (C=O) groups is 1. The molecule has 0 unspecified atom stereocenters. The Morgan fingerprint density at radius 2 is 2.18 bits per heavy atom. The first-order chi connectivity index (χ1) is 10.4. The molecule has 0 saturated carbocycles. The third-order valence-electron chi connectivity index (χ3n) is 3.25. The first-order valence-electron chi connectivity index (χ1n) is 6.93. The predicted octanol–water partition coefficient (Wildman–Crippen LogP) is 0.366. The van der Waals surface area contributed by atoms with Gasteiger partial charge in [0.1, 0.15) is 5.75 Å². The van der Waals surface area contributed by atoms with Gasteiger partial charge in [-0.1, -0.05) is 12.1 Å². The Bertz CT molecular complexity index is 632. The molecule has 1 aliphatic rings. The van der Waals surface area contributed by atoms with Crippen LogP contribution in [-0.4, -0.2) is 53.5 Å². The molecule has 1 aliphatic heterocycles. The van der Waals surface area contributed by atoms with Crippen molar-refractivity contribution in [2.45, 2.75) is 12.5 Å². The Morgan fingerprint density at radius 1 is 1.45 bits per heavy atom. The Labute approximate surface area is 130 Å². The lowest BCUT2D eigenvalue weighted by molar-refractivity contribution is -0.127. The highest BCUT2D eigenvalue weighted by atomic mass is 32.2. The number of ether oxygens (including phenoxy) is 2. The van der Waals surface area contributed by atoms with Crippen LogP contribution in [0, 0.1) is 0 Å². The molecule has 122 valence electrons. The number of hydrogen-bond acceptors (Lipinski definition) is 5. The van der Waals surface area contributed by atoms with E-state index in [0.717, 1.165) is 6.26 Å². The van der Waals surface area contributed by atoms with Crippen molar-refractivity contribution in [2.24, 2.45) is 0 Å². The van der Waals surface area contributed by atoms with Crippen molar-refractivity contribution in [3.8, 4) is 5.75 Å². The van der Waals surface area contributed by atoms with Crippen LogP contribution in [0.15, 0.2) is 24.3 Å². The van der Waals surface area contributed by atoms with E-state index < -0.39 is 16.1 Å². The van der Waals surface area contributed by atoms with E-state index in [0.29, 0.717) is 31.0 Å². The fourth-order valence-electron chi connectivity index (χ4n) is 2.19. The number of benzene rings is 1. The number of nitrogens with zero attached hydrogens (tertiary/aromatic N) is 1. The van der Waals surface area contributed by atoms with Gasteiger partial charge in [0.05, 0.1) is 18.5 Å². The van der Waals surface area contributed by atoms with Gasteiger partial charge in [-0.15, -0.1) is 0 Å². The lowest BCUT2D eigenvalue weighted by Crippen LogP contribution is -2.50. The molecule has 2 rings (SSSR count). The van der Waals surface area contributed by atoms with Crippen molar-refractivity contribution in [2.75, 3.05) is 37.4 Å². The third-order valence-corrected chi connectivity index (χ3v) is 4.40. The molecule has 0 aromatic heterocycles. The number of methoxy groups -OCH3 is 1. The zero-order valence-corrected chi connectivity index (χ0v) is 13.4. The minimum absolute atomic E-state index is 0.0358. The second-order valence-electron chi connectivity index (χ2n) is 5.01. The topological polar surface area (TPSA) is 84.9 Å². The maximum absolute atomic E-state index is 12.1. The Balaban J connectivity index is 2.12. The summed E-state index contributed by atoms with van der Waals surface area (Å²) in [5.74, 6) is 0.0514. The first kappa shape index (κ1) is 16.6. The largest absolute Gasteiger partial charge is 0.476 e. The number of para-hydroxylation sites is 2. The molecule has 1 amide bonds. The van der Waals surface area contributed by atoms with Crippen molar-refractivity contribution >= 4 is 21.6 Å². The normalized spacial score (nSPS) is 17.5. The second-order valence-corrected chi connectivity index (χ2v) is 6.91. The summed E-state index contributed by atoms with van der Waals surface area (Å²) < 4.78 is 35.6. The first-order valence-corrected chi connectivity index (χ1v) is 8.78. The molecule has 1 aromatic carbocycles. The molecule has 1 heterocycles. The summed E-state index contributed by atoms with van der Waals surface area (Å²) in [6.07, 6.45) is 0.927. The quantitative estimate of drug-likeness (QED) is 0.763. The molecular weight excluding hydrogens is 308 g/mol. The van der Waals surface area contributed by atoms with Crippen LogP contribution in [0.3, 0.4) is 0 Å². The highest BCUT2D eigenvalue weighted by Gasteiger charge is 2.34. The van der Waals surface area contributed by atoms with E-state index in [4.69, 9.17) is 9.47 Å². The number of rotatable bonds is 6. The molecule has 0 saturated heterocycles. The van der Waals surface area contributed by atoms with Crippen LogP contribution in [0.5, 0.6) is 5.75 Å². The molecule has 8 heteroatoms. The minimum atomic E-state index is -3.48. The lowest BCUT2D eigenvalue weighted by Gasteiger charge is -2.33. The van der Waals surface area contributed by atoms with Gasteiger partial charge >= 0.3 is 0 Å². The number of anilines is 1. The van der Waals surface area contributed by atoms with Gasteiger partial charge in [-0.2, -0.15) is 0 Å². The highest BCUT2D eigenvalue weighted by Crippen LogP contribution is 2.34. The van der Waals surface area contributed by atoms with Gasteiger partial charge in [-0.05, 0) is 18.6 Å². The fraction of sp³-hybridized carbons (Fsp3) is 0.500. The van der Waals surface area contributed by atoms with E-state index >= 15 is 0 Å². The molecule has 22 heavy (non-hydrogen) atoms. The fourth-order valence-corrected chi connectivity index (χ4v) is 3.11. The van der Waals surface area contributed by atoms with Gasteiger partial charge in [-0.25, -0.2) is 8.42 Å². The van der Waals surface area contributed by atoms with Crippen LogP contribution in [-0.2, 0) is 19.6 Å². The smallest absolute Gasteiger partial charge is 0.263 e. The average Bonchev–Trinajstić information content (AvgIpc) is 2.49. The molecule has 0 spiro atoms. The molecule has 0 aliphatic carbocycles. The molecule has 0 radical (unpaired) electrons. The van der Waals surface area contributed by atoms with Gasteiger partial charge in [0, 0.05) is 20.3 Å². The Hall–Kier alpha value is -1.80. The standard InChI is InChI=1S/C14H20N2O5S/c1-20-9-5-8-15-14(17)13-10-16(22(2,18)19)11-6-3-4-7-12(11)21-13/h3-4,6-7,13H,5,8-10H2,1-2H3,(H,15,17)/t13-/m0/s1. The number of sulfonamides is 1. The number of hydrogen-bond donors (Lipinski definition) is 1. The third kappa shape index (κ3) is 3.89. The van der Waals surface area contributed by atoms with E-state index in [1.807, 2.05) is 0 Å². The Morgan fingerprint density at radius 3 is 2.86 bits per heavy atom. The molecule has 0 bridgehead atoms. The monoisotopic (exact) mass is 328 g/mol. The van der Waals surface area contributed by atoms with Crippen LogP contribution in [0.25, 0.3) is 0 Å². The summed E-state index contributed by atoms with van der Waals surface area (Å²) in [5, 5.41) is 2.72. The summed E-state index contributed by atoms with van der Waals surface area (Å²) in [4.78, 5) is 12.1. The van der Waals surface area contributed by atoms with Crippen LogP contribution < -0.4 is 14.4 Å². The summed E-state index contributed by atoms with van der Waals surface area (Å²) >= 11 is 0. The van der Waals surface area contributed by atoms with Gasteiger partial charge < -0.3 is 14.8 Å². The van der Waals surface area contributed by atoms with E-state index in [1.165, 1.54) is 4.31 Å². The van der Waals surface area contributed by atoms with Gasteiger partial charge in [-0.3, -0.25) is 9.10 Å². The number of nitrogens with one attached hydrogen (secondary N) is 1. The Kier molecular flexibility index (Phi) is 5.25.